The molecule has 102 valence electrons. The molecule has 0 spiro atoms. The summed E-state index contributed by atoms with van der Waals surface area (Å²) in [4.78, 5) is 0. The van der Waals surface area contributed by atoms with Gasteiger partial charge >= 0.3 is 23.1 Å². The van der Waals surface area contributed by atoms with Gasteiger partial charge in [-0.1, -0.05) is 71.0 Å². The fraction of sp³-hybridized carbons (Fsp3) is 0.188. The fourth-order valence-corrected chi connectivity index (χ4v) is 4.99. The smallest absolute Gasteiger partial charge is 1.00 e. The van der Waals surface area contributed by atoms with Gasteiger partial charge in [-0.05, 0) is 13.8 Å². The van der Waals surface area contributed by atoms with Crippen LogP contribution in [0.15, 0.2) is 60.7 Å². The molecule has 2 aromatic rings. The summed E-state index contributed by atoms with van der Waals surface area (Å²) in [6, 6.07) is 20.7. The summed E-state index contributed by atoms with van der Waals surface area (Å²) in [5.74, 6) is 0. The average Bonchev–Trinajstić information content (AvgIpc) is 2.40. The Labute approximate surface area is 156 Å². The molecule has 0 aliphatic carbocycles. The third-order valence-corrected chi connectivity index (χ3v) is 6.32. The standard InChI is InChI=1S/C16H19OSi.HI.Mg/c1-14(2)17-18(3,15-10-6-4-7-11-15)16-12-8-5-9-13-16;;/h4-14H,3H2,1-2H3;1H;/q-1;;+2/p-1. The zero-order valence-corrected chi connectivity index (χ0v) is 16.6. The van der Waals surface area contributed by atoms with E-state index < -0.39 is 8.32 Å². The van der Waals surface area contributed by atoms with Gasteiger partial charge in [0.05, 0.1) is 0 Å². The normalized spacial score (nSPS) is 10.6. The summed E-state index contributed by atoms with van der Waals surface area (Å²) in [6.07, 6.45) is 0.176. The van der Waals surface area contributed by atoms with E-state index in [1.807, 2.05) is 12.1 Å². The Morgan fingerprint density at radius 1 is 0.850 bits per heavy atom. The first-order valence-electron chi connectivity index (χ1n) is 6.27. The van der Waals surface area contributed by atoms with Gasteiger partial charge in [0.15, 0.2) is 0 Å². The van der Waals surface area contributed by atoms with Crippen molar-refractivity contribution < 1.29 is 28.4 Å². The minimum Gasteiger partial charge on any atom is -1.00 e. The van der Waals surface area contributed by atoms with Crippen molar-refractivity contribution in [1.29, 1.82) is 0 Å². The second kappa shape index (κ2) is 9.20. The monoisotopic (exact) mass is 406 g/mol. The first-order valence-corrected chi connectivity index (χ1v) is 8.38. The topological polar surface area (TPSA) is 9.23 Å². The zero-order chi connectivity index (χ0) is 13.0. The molecular formula is C16H19IMgOSi. The summed E-state index contributed by atoms with van der Waals surface area (Å²) in [5.41, 5.74) is 0. The molecule has 0 unspecified atom stereocenters. The van der Waals surface area contributed by atoms with Crippen LogP contribution in [0.5, 0.6) is 0 Å². The first kappa shape index (κ1) is 20.1. The van der Waals surface area contributed by atoms with Crippen molar-refractivity contribution in [3.8, 4) is 0 Å². The van der Waals surface area contributed by atoms with Crippen molar-refractivity contribution in [2.75, 3.05) is 0 Å². The molecule has 0 saturated carbocycles. The maximum atomic E-state index is 6.24. The number of hydrogen-bond acceptors (Lipinski definition) is 1. The Morgan fingerprint density at radius 2 is 1.20 bits per heavy atom. The Bertz CT molecular complexity index is 451. The van der Waals surface area contributed by atoms with E-state index in [0.717, 1.165) is 0 Å². The average molecular weight is 407 g/mol. The number of rotatable bonds is 4. The van der Waals surface area contributed by atoms with Crippen LogP contribution in [0, 0.1) is 6.55 Å². The fourth-order valence-electron chi connectivity index (χ4n) is 2.12. The van der Waals surface area contributed by atoms with Gasteiger partial charge in [-0.2, -0.15) is 0 Å². The van der Waals surface area contributed by atoms with Crippen LogP contribution in [0.25, 0.3) is 0 Å². The predicted molar refractivity (Wildman–Crippen MR) is 85.2 cm³/mol. The molecule has 0 saturated heterocycles. The van der Waals surface area contributed by atoms with Crippen LogP contribution in [0.2, 0.25) is 0 Å². The maximum absolute atomic E-state index is 6.24. The number of hydrogen-bond donors (Lipinski definition) is 0. The molecule has 0 aliphatic rings. The second-order valence-electron chi connectivity index (χ2n) is 4.73. The third kappa shape index (κ3) is 4.84. The molecule has 0 aliphatic heterocycles. The van der Waals surface area contributed by atoms with Gasteiger partial charge in [-0.15, -0.1) is 0 Å². The zero-order valence-electron chi connectivity index (χ0n) is 12.1. The van der Waals surface area contributed by atoms with Gasteiger partial charge < -0.3 is 34.9 Å². The maximum Gasteiger partial charge on any atom is 2.00 e. The Kier molecular flexibility index (Phi) is 9.25. The van der Waals surface area contributed by atoms with Crippen molar-refractivity contribution in [3.63, 3.8) is 0 Å². The molecular weight excluding hydrogens is 387 g/mol. The van der Waals surface area contributed by atoms with E-state index in [2.05, 4.69) is 68.9 Å². The van der Waals surface area contributed by atoms with Gasteiger partial charge in [-0.3, -0.25) is 0 Å². The Hall–Kier alpha value is 0.113. The van der Waals surface area contributed by atoms with Crippen molar-refractivity contribution >= 4 is 41.7 Å². The van der Waals surface area contributed by atoms with E-state index >= 15 is 0 Å². The molecule has 0 heterocycles. The molecule has 2 rings (SSSR count). The predicted octanol–water partition coefficient (Wildman–Crippen LogP) is -0.832. The van der Waals surface area contributed by atoms with E-state index in [9.17, 15) is 0 Å². The van der Waals surface area contributed by atoms with Crippen LogP contribution in [0.3, 0.4) is 0 Å². The van der Waals surface area contributed by atoms with Gasteiger partial charge in [0.2, 0.25) is 0 Å². The Balaban J connectivity index is 0.00000180. The van der Waals surface area contributed by atoms with E-state index in [4.69, 9.17) is 4.43 Å². The van der Waals surface area contributed by atoms with Crippen LogP contribution in [0.1, 0.15) is 13.8 Å². The quantitative estimate of drug-likeness (QED) is 0.366. The SMILES string of the molecule is [CH2-][Si](OC(C)C)(c1ccccc1)c1ccccc1.[I-].[Mg+2]. The molecule has 1 nitrogen and oxygen atoms in total. The summed E-state index contributed by atoms with van der Waals surface area (Å²) < 4.78 is 6.24. The van der Waals surface area contributed by atoms with Crippen molar-refractivity contribution in [1.82, 2.24) is 0 Å². The molecule has 20 heavy (non-hydrogen) atoms. The van der Waals surface area contributed by atoms with Crippen LogP contribution in [-0.2, 0) is 4.43 Å². The molecule has 0 bridgehead atoms. The number of benzene rings is 2. The van der Waals surface area contributed by atoms with Crippen LogP contribution < -0.4 is 34.4 Å². The van der Waals surface area contributed by atoms with Crippen LogP contribution in [-0.4, -0.2) is 37.5 Å². The molecule has 0 radical (unpaired) electrons. The van der Waals surface area contributed by atoms with Gasteiger partial charge in [-0.25, -0.2) is 0 Å². The van der Waals surface area contributed by atoms with Gasteiger partial charge in [0, 0.05) is 6.10 Å². The summed E-state index contributed by atoms with van der Waals surface area (Å²) in [5, 5.41) is 2.43. The summed E-state index contributed by atoms with van der Waals surface area (Å²) >= 11 is 0. The molecule has 0 amide bonds. The number of halogens is 1. The van der Waals surface area contributed by atoms with E-state index in [0.29, 0.717) is 0 Å². The van der Waals surface area contributed by atoms with E-state index in [1.54, 1.807) is 0 Å². The van der Waals surface area contributed by atoms with E-state index in [1.165, 1.54) is 10.4 Å². The van der Waals surface area contributed by atoms with Crippen molar-refractivity contribution in [2.45, 2.75) is 20.0 Å². The van der Waals surface area contributed by atoms with Crippen molar-refractivity contribution in [2.24, 2.45) is 0 Å². The molecule has 0 aromatic heterocycles. The molecule has 4 heteroatoms. The third-order valence-electron chi connectivity index (χ3n) is 2.92. The second-order valence-corrected chi connectivity index (χ2v) is 7.77. The summed E-state index contributed by atoms with van der Waals surface area (Å²) in [7, 11) is -2.31. The molecule has 0 N–H and O–H groups in total. The van der Waals surface area contributed by atoms with Gasteiger partial charge in [0.25, 0.3) is 0 Å². The molecule has 0 fully saturated rings. The van der Waals surface area contributed by atoms with Crippen LogP contribution >= 0.6 is 0 Å². The van der Waals surface area contributed by atoms with Crippen molar-refractivity contribution in [3.05, 3.63) is 67.2 Å². The van der Waals surface area contributed by atoms with E-state index in [-0.39, 0.29) is 53.1 Å². The largest absolute Gasteiger partial charge is 2.00 e. The summed E-state index contributed by atoms with van der Waals surface area (Å²) in [6.45, 7) is 8.60. The van der Waals surface area contributed by atoms with Gasteiger partial charge in [0.1, 0.15) is 8.32 Å². The first-order chi connectivity index (χ1) is 8.63. The minimum atomic E-state index is -2.31. The molecule has 0 atom stereocenters. The van der Waals surface area contributed by atoms with Crippen LogP contribution in [0.4, 0.5) is 0 Å². The Morgan fingerprint density at radius 3 is 1.50 bits per heavy atom. The minimum absolute atomic E-state index is 0. The molecule has 2 aromatic carbocycles.